The molecular formula is C11H15N3O2S. The van der Waals surface area contributed by atoms with E-state index in [0.717, 1.165) is 0 Å². The first-order valence-corrected chi connectivity index (χ1v) is 6.72. The van der Waals surface area contributed by atoms with Crippen LogP contribution in [0.1, 0.15) is 12.0 Å². The van der Waals surface area contributed by atoms with Crippen LogP contribution in [-0.2, 0) is 15.8 Å². The van der Waals surface area contributed by atoms with Gasteiger partial charge < -0.3 is 5.73 Å². The zero-order valence-corrected chi connectivity index (χ0v) is 10.4. The van der Waals surface area contributed by atoms with E-state index in [1.54, 1.807) is 24.3 Å². The Morgan fingerprint density at radius 2 is 1.94 bits per heavy atom. The lowest BCUT2D eigenvalue weighted by atomic mass is 10.2. The number of hydrogen-bond acceptors (Lipinski definition) is 4. The summed E-state index contributed by atoms with van der Waals surface area (Å²) in [6, 6.07) is 8.62. The molecule has 6 heteroatoms. The quantitative estimate of drug-likeness (QED) is 0.791. The fourth-order valence-electron chi connectivity index (χ4n) is 1.28. The lowest BCUT2D eigenvalue weighted by Crippen LogP contribution is -2.29. The molecule has 2 N–H and O–H groups in total. The standard InChI is InChI=1S/C11H15N3O2S/c1-14(8-2-7-12)17(15,16)9-10-3-5-11(13)6-4-10/h3-6H,2,8-9,13H2,1H3. The molecule has 0 saturated carbocycles. The Morgan fingerprint density at radius 3 is 2.47 bits per heavy atom. The largest absolute Gasteiger partial charge is 0.399 e. The van der Waals surface area contributed by atoms with Crippen molar-refractivity contribution in [2.45, 2.75) is 12.2 Å². The molecule has 0 aliphatic carbocycles. The van der Waals surface area contributed by atoms with Gasteiger partial charge in [-0.25, -0.2) is 12.7 Å². The number of nitrogens with two attached hydrogens (primary N) is 1. The number of rotatable bonds is 5. The highest BCUT2D eigenvalue weighted by atomic mass is 32.2. The first-order valence-electron chi connectivity index (χ1n) is 5.11. The highest BCUT2D eigenvalue weighted by Crippen LogP contribution is 2.11. The molecule has 0 aliphatic heterocycles. The van der Waals surface area contributed by atoms with Crippen LogP contribution in [0, 0.1) is 11.3 Å². The first-order chi connectivity index (χ1) is 7.95. The van der Waals surface area contributed by atoms with E-state index in [1.807, 2.05) is 6.07 Å². The van der Waals surface area contributed by atoms with Crippen LogP contribution < -0.4 is 5.73 Å². The minimum absolute atomic E-state index is 0.0742. The van der Waals surface area contributed by atoms with E-state index >= 15 is 0 Å². The smallest absolute Gasteiger partial charge is 0.218 e. The summed E-state index contributed by atoms with van der Waals surface area (Å²) in [5.41, 5.74) is 6.80. The molecule has 0 amide bonds. The Balaban J connectivity index is 2.73. The van der Waals surface area contributed by atoms with E-state index in [1.165, 1.54) is 11.4 Å². The molecule has 0 aromatic heterocycles. The predicted molar refractivity (Wildman–Crippen MR) is 66.3 cm³/mol. The molecule has 1 aromatic carbocycles. The summed E-state index contributed by atoms with van der Waals surface area (Å²) < 4.78 is 25.0. The van der Waals surface area contributed by atoms with Crippen LogP contribution >= 0.6 is 0 Å². The monoisotopic (exact) mass is 253 g/mol. The highest BCUT2D eigenvalue weighted by Gasteiger charge is 2.17. The number of anilines is 1. The second-order valence-corrected chi connectivity index (χ2v) is 5.80. The molecule has 0 radical (unpaired) electrons. The van der Waals surface area contributed by atoms with Crippen molar-refractivity contribution in [3.63, 3.8) is 0 Å². The second-order valence-electron chi connectivity index (χ2n) is 3.73. The number of hydrogen-bond donors (Lipinski definition) is 1. The maximum Gasteiger partial charge on any atom is 0.218 e. The van der Waals surface area contributed by atoms with E-state index in [9.17, 15) is 8.42 Å². The van der Waals surface area contributed by atoms with E-state index in [-0.39, 0.29) is 18.7 Å². The lowest BCUT2D eigenvalue weighted by molar-refractivity contribution is 0.475. The average Bonchev–Trinajstić information content (AvgIpc) is 2.28. The third-order valence-corrected chi connectivity index (χ3v) is 4.17. The summed E-state index contributed by atoms with van der Waals surface area (Å²) in [5.74, 6) is -0.0742. The summed E-state index contributed by atoms with van der Waals surface area (Å²) in [6.45, 7) is 0.216. The number of sulfonamides is 1. The van der Waals surface area contributed by atoms with Crippen LogP contribution in [0.5, 0.6) is 0 Å². The molecule has 1 rings (SSSR count). The number of nitrogens with zero attached hydrogens (tertiary/aromatic N) is 2. The molecule has 0 fully saturated rings. The minimum Gasteiger partial charge on any atom is -0.399 e. The maximum absolute atomic E-state index is 11.9. The fraction of sp³-hybridized carbons (Fsp3) is 0.364. The molecular weight excluding hydrogens is 238 g/mol. The van der Waals surface area contributed by atoms with Gasteiger partial charge in [0.15, 0.2) is 0 Å². The summed E-state index contributed by atoms with van der Waals surface area (Å²) in [6.07, 6.45) is 0.192. The van der Waals surface area contributed by atoms with Crippen LogP contribution in [0.4, 0.5) is 5.69 Å². The van der Waals surface area contributed by atoms with Crippen LogP contribution in [0.25, 0.3) is 0 Å². The molecule has 5 nitrogen and oxygen atoms in total. The summed E-state index contributed by atoms with van der Waals surface area (Å²) in [4.78, 5) is 0. The SMILES string of the molecule is CN(CCC#N)S(=O)(=O)Cc1ccc(N)cc1. The molecule has 17 heavy (non-hydrogen) atoms. The Hall–Kier alpha value is -1.58. The fourth-order valence-corrected chi connectivity index (χ4v) is 2.48. The van der Waals surface area contributed by atoms with Gasteiger partial charge in [0.1, 0.15) is 0 Å². The van der Waals surface area contributed by atoms with Crippen molar-refractivity contribution in [1.82, 2.24) is 4.31 Å². The Kier molecular flexibility index (Phi) is 4.49. The first kappa shape index (κ1) is 13.5. The van der Waals surface area contributed by atoms with Crippen molar-refractivity contribution < 1.29 is 8.42 Å². The van der Waals surface area contributed by atoms with Crippen molar-refractivity contribution >= 4 is 15.7 Å². The van der Waals surface area contributed by atoms with E-state index < -0.39 is 10.0 Å². The van der Waals surface area contributed by atoms with E-state index in [2.05, 4.69) is 0 Å². The topological polar surface area (TPSA) is 87.2 Å². The highest BCUT2D eigenvalue weighted by molar-refractivity contribution is 7.88. The van der Waals surface area contributed by atoms with Gasteiger partial charge in [0.05, 0.1) is 11.8 Å². The minimum atomic E-state index is -3.36. The van der Waals surface area contributed by atoms with Crippen LogP contribution in [-0.4, -0.2) is 26.3 Å². The van der Waals surface area contributed by atoms with Gasteiger partial charge in [0.2, 0.25) is 10.0 Å². The summed E-state index contributed by atoms with van der Waals surface area (Å²) >= 11 is 0. The maximum atomic E-state index is 11.9. The van der Waals surface area contributed by atoms with E-state index in [4.69, 9.17) is 11.0 Å². The van der Waals surface area contributed by atoms with Gasteiger partial charge in [-0.3, -0.25) is 0 Å². The number of nitrogen functional groups attached to an aromatic ring is 1. The van der Waals surface area contributed by atoms with Gasteiger partial charge in [-0.05, 0) is 17.7 Å². The Bertz CT molecular complexity index is 503. The Morgan fingerprint density at radius 1 is 1.35 bits per heavy atom. The molecule has 92 valence electrons. The molecule has 0 aliphatic rings. The van der Waals surface area contributed by atoms with E-state index in [0.29, 0.717) is 11.3 Å². The van der Waals surface area contributed by atoms with Crippen molar-refractivity contribution in [2.75, 3.05) is 19.3 Å². The molecule has 0 heterocycles. The molecule has 0 atom stereocenters. The second kappa shape index (κ2) is 5.66. The summed E-state index contributed by atoms with van der Waals surface area (Å²) in [7, 11) is -1.88. The lowest BCUT2D eigenvalue weighted by Gasteiger charge is -2.15. The third kappa shape index (κ3) is 4.06. The summed E-state index contributed by atoms with van der Waals surface area (Å²) in [5, 5.41) is 8.42. The zero-order chi connectivity index (χ0) is 12.9. The van der Waals surface area contributed by atoms with Crippen molar-refractivity contribution in [1.29, 1.82) is 5.26 Å². The van der Waals surface area contributed by atoms with Crippen LogP contribution in [0.2, 0.25) is 0 Å². The molecule has 1 aromatic rings. The molecule has 0 spiro atoms. The van der Waals surface area contributed by atoms with Gasteiger partial charge >= 0.3 is 0 Å². The third-order valence-electron chi connectivity index (χ3n) is 2.34. The average molecular weight is 253 g/mol. The van der Waals surface area contributed by atoms with Crippen LogP contribution in [0.3, 0.4) is 0 Å². The van der Waals surface area contributed by atoms with Crippen LogP contribution in [0.15, 0.2) is 24.3 Å². The van der Waals surface area contributed by atoms with Crippen molar-refractivity contribution in [3.8, 4) is 6.07 Å². The van der Waals surface area contributed by atoms with Gasteiger partial charge in [-0.2, -0.15) is 5.26 Å². The Labute approximate surface area is 102 Å². The van der Waals surface area contributed by atoms with Crippen molar-refractivity contribution in [3.05, 3.63) is 29.8 Å². The normalized spacial score (nSPS) is 11.4. The zero-order valence-electron chi connectivity index (χ0n) is 9.63. The number of nitriles is 1. The molecule has 0 unspecified atom stereocenters. The van der Waals surface area contributed by atoms with Gasteiger partial charge in [-0.1, -0.05) is 12.1 Å². The molecule has 0 saturated heterocycles. The predicted octanol–water partition coefficient (Wildman–Crippen LogP) is 0.944. The van der Waals surface area contributed by atoms with Gasteiger partial charge in [0.25, 0.3) is 0 Å². The number of benzene rings is 1. The molecule has 0 bridgehead atoms. The van der Waals surface area contributed by atoms with Gasteiger partial charge in [-0.15, -0.1) is 0 Å². The van der Waals surface area contributed by atoms with Gasteiger partial charge in [0, 0.05) is 25.7 Å². The van der Waals surface area contributed by atoms with Crippen molar-refractivity contribution in [2.24, 2.45) is 0 Å².